The number of fused-ring (bicyclic) bond motifs is 1. The summed E-state index contributed by atoms with van der Waals surface area (Å²) in [5.74, 6) is 0. The predicted molar refractivity (Wildman–Crippen MR) is 93.3 cm³/mol. The number of pyridine rings is 1. The van der Waals surface area contributed by atoms with E-state index in [2.05, 4.69) is 36.9 Å². The Morgan fingerprint density at radius 1 is 1.04 bits per heavy atom. The van der Waals surface area contributed by atoms with Crippen LogP contribution in [0.5, 0.6) is 0 Å². The summed E-state index contributed by atoms with van der Waals surface area (Å²) < 4.78 is 2.19. The fourth-order valence-corrected chi connectivity index (χ4v) is 3.58. The normalized spacial score (nSPS) is 19.8. The highest BCUT2D eigenvalue weighted by atomic mass is 15.3. The highest BCUT2D eigenvalue weighted by Crippen LogP contribution is 2.13. The maximum absolute atomic E-state index is 4.80. The third-order valence-corrected chi connectivity index (χ3v) is 4.92. The number of nitrogens with zero attached hydrogens (tertiary/aromatic N) is 5. The second kappa shape index (κ2) is 7.42. The summed E-state index contributed by atoms with van der Waals surface area (Å²) in [4.78, 5) is 9.24. The number of aromatic nitrogens is 3. The third-order valence-electron chi connectivity index (χ3n) is 4.92. The Bertz CT molecular complexity index is 621. The minimum atomic E-state index is 0.950. The molecule has 6 heteroatoms. The van der Waals surface area contributed by atoms with Crippen LogP contribution in [-0.4, -0.2) is 57.3 Å². The lowest BCUT2D eigenvalue weighted by Gasteiger charge is -2.34. The lowest BCUT2D eigenvalue weighted by molar-refractivity contribution is 0.120. The summed E-state index contributed by atoms with van der Waals surface area (Å²) >= 11 is 0. The van der Waals surface area contributed by atoms with E-state index < -0.39 is 0 Å². The van der Waals surface area contributed by atoms with Gasteiger partial charge in [-0.25, -0.2) is 0 Å². The minimum Gasteiger partial charge on any atom is -0.311 e. The third kappa shape index (κ3) is 3.83. The van der Waals surface area contributed by atoms with Gasteiger partial charge >= 0.3 is 0 Å². The smallest absolute Gasteiger partial charge is 0.0768 e. The van der Waals surface area contributed by atoms with E-state index in [1.54, 1.807) is 0 Å². The zero-order valence-corrected chi connectivity index (χ0v) is 14.2. The molecule has 0 aromatic carbocycles. The molecule has 4 rings (SSSR count). The van der Waals surface area contributed by atoms with E-state index >= 15 is 0 Å². The van der Waals surface area contributed by atoms with Gasteiger partial charge in [0.05, 0.1) is 11.4 Å². The molecule has 4 heterocycles. The SMILES string of the molecule is c1cncc(CN2CCN(Cc3cc4n(n3)CCCNC4)CC2)c1. The lowest BCUT2D eigenvalue weighted by atomic mass is 10.2. The molecule has 0 saturated carbocycles. The van der Waals surface area contributed by atoms with Gasteiger partial charge in [0.25, 0.3) is 0 Å². The van der Waals surface area contributed by atoms with E-state index in [0.717, 1.165) is 58.9 Å². The zero-order valence-electron chi connectivity index (χ0n) is 14.2. The van der Waals surface area contributed by atoms with Gasteiger partial charge < -0.3 is 5.32 Å². The van der Waals surface area contributed by atoms with E-state index in [4.69, 9.17) is 5.10 Å². The van der Waals surface area contributed by atoms with Crippen LogP contribution in [-0.2, 0) is 26.2 Å². The molecule has 6 nitrogen and oxygen atoms in total. The van der Waals surface area contributed by atoms with Crippen LogP contribution in [0.15, 0.2) is 30.6 Å². The van der Waals surface area contributed by atoms with Gasteiger partial charge in [0, 0.05) is 64.8 Å². The van der Waals surface area contributed by atoms with Crippen molar-refractivity contribution in [1.29, 1.82) is 0 Å². The van der Waals surface area contributed by atoms with Gasteiger partial charge in [-0.3, -0.25) is 19.5 Å². The molecule has 2 aromatic heterocycles. The Hall–Kier alpha value is -1.76. The van der Waals surface area contributed by atoms with E-state index in [1.807, 2.05) is 18.5 Å². The number of piperazine rings is 1. The Balaban J connectivity index is 1.29. The first-order valence-electron chi connectivity index (χ1n) is 8.97. The monoisotopic (exact) mass is 326 g/mol. The Morgan fingerprint density at radius 3 is 2.67 bits per heavy atom. The second-order valence-electron chi connectivity index (χ2n) is 6.79. The second-order valence-corrected chi connectivity index (χ2v) is 6.79. The van der Waals surface area contributed by atoms with Crippen LogP contribution in [0.2, 0.25) is 0 Å². The molecule has 1 N–H and O–H groups in total. The Kier molecular flexibility index (Phi) is 4.87. The van der Waals surface area contributed by atoms with Crippen LogP contribution in [0.4, 0.5) is 0 Å². The molecule has 1 saturated heterocycles. The van der Waals surface area contributed by atoms with E-state index in [9.17, 15) is 0 Å². The van der Waals surface area contributed by atoms with Gasteiger partial charge in [0.15, 0.2) is 0 Å². The van der Waals surface area contributed by atoms with E-state index in [-0.39, 0.29) is 0 Å². The van der Waals surface area contributed by atoms with Gasteiger partial charge in [-0.05, 0) is 30.7 Å². The molecule has 0 aliphatic carbocycles. The molecule has 24 heavy (non-hydrogen) atoms. The molecular formula is C18H26N6. The molecule has 0 bridgehead atoms. The van der Waals surface area contributed by atoms with Gasteiger partial charge in [0.1, 0.15) is 0 Å². The minimum absolute atomic E-state index is 0.950. The summed E-state index contributed by atoms with van der Waals surface area (Å²) in [5, 5.41) is 8.27. The van der Waals surface area contributed by atoms with Crippen LogP contribution in [0.3, 0.4) is 0 Å². The topological polar surface area (TPSA) is 49.2 Å². The number of hydrogen-bond donors (Lipinski definition) is 1. The highest BCUT2D eigenvalue weighted by molar-refractivity contribution is 5.12. The summed E-state index contributed by atoms with van der Waals surface area (Å²) in [6, 6.07) is 6.45. The van der Waals surface area contributed by atoms with Crippen molar-refractivity contribution in [3.63, 3.8) is 0 Å². The van der Waals surface area contributed by atoms with E-state index in [0.29, 0.717) is 0 Å². The zero-order chi connectivity index (χ0) is 16.2. The summed E-state index contributed by atoms with van der Waals surface area (Å²) in [6.45, 7) is 9.52. The van der Waals surface area contributed by atoms with Crippen molar-refractivity contribution in [2.75, 3.05) is 32.7 Å². The van der Waals surface area contributed by atoms with Crippen molar-refractivity contribution in [3.05, 3.63) is 47.5 Å². The van der Waals surface area contributed by atoms with Crippen LogP contribution in [0.1, 0.15) is 23.4 Å². The first-order valence-corrected chi connectivity index (χ1v) is 8.97. The summed E-state index contributed by atoms with van der Waals surface area (Å²) in [7, 11) is 0. The molecule has 0 unspecified atom stereocenters. The fraction of sp³-hybridized carbons (Fsp3) is 0.556. The van der Waals surface area contributed by atoms with Crippen molar-refractivity contribution in [2.24, 2.45) is 0 Å². The van der Waals surface area contributed by atoms with Crippen molar-refractivity contribution in [3.8, 4) is 0 Å². The van der Waals surface area contributed by atoms with Crippen molar-refractivity contribution in [2.45, 2.75) is 32.6 Å². The van der Waals surface area contributed by atoms with Gasteiger partial charge in [-0.1, -0.05) is 6.07 Å². The molecule has 0 amide bonds. The highest BCUT2D eigenvalue weighted by Gasteiger charge is 2.19. The Labute approximate surface area is 143 Å². The molecule has 2 aliphatic rings. The Morgan fingerprint density at radius 2 is 1.88 bits per heavy atom. The first-order chi connectivity index (χ1) is 11.9. The first kappa shape index (κ1) is 15.7. The van der Waals surface area contributed by atoms with Crippen molar-refractivity contribution < 1.29 is 0 Å². The number of hydrogen-bond acceptors (Lipinski definition) is 5. The lowest BCUT2D eigenvalue weighted by Crippen LogP contribution is -2.45. The standard InChI is InChI=1S/C18H26N6/c1-3-16(12-19-4-1)14-22-7-9-23(10-8-22)15-17-11-18-13-20-5-2-6-24(18)21-17/h1,3-4,11-12,20H,2,5-10,13-15H2. The molecule has 0 radical (unpaired) electrons. The van der Waals surface area contributed by atoms with Gasteiger partial charge in [-0.15, -0.1) is 0 Å². The number of nitrogens with one attached hydrogen (secondary N) is 1. The van der Waals surface area contributed by atoms with Gasteiger partial charge in [0.2, 0.25) is 0 Å². The quantitative estimate of drug-likeness (QED) is 0.911. The van der Waals surface area contributed by atoms with Gasteiger partial charge in [-0.2, -0.15) is 5.10 Å². The van der Waals surface area contributed by atoms with Crippen molar-refractivity contribution in [1.82, 2.24) is 29.9 Å². The maximum atomic E-state index is 4.80. The molecule has 2 aliphatic heterocycles. The summed E-state index contributed by atoms with van der Waals surface area (Å²) in [5.41, 5.74) is 3.85. The maximum Gasteiger partial charge on any atom is 0.0768 e. The van der Waals surface area contributed by atoms with Crippen LogP contribution >= 0.6 is 0 Å². The van der Waals surface area contributed by atoms with Crippen LogP contribution in [0.25, 0.3) is 0 Å². The fourth-order valence-electron chi connectivity index (χ4n) is 3.58. The molecular weight excluding hydrogens is 300 g/mol. The van der Waals surface area contributed by atoms with Crippen LogP contribution < -0.4 is 5.32 Å². The summed E-state index contributed by atoms with van der Waals surface area (Å²) in [6.07, 6.45) is 4.98. The molecule has 0 spiro atoms. The number of aryl methyl sites for hydroxylation is 1. The van der Waals surface area contributed by atoms with Crippen molar-refractivity contribution >= 4 is 0 Å². The average Bonchev–Trinajstić information content (AvgIpc) is 2.86. The van der Waals surface area contributed by atoms with E-state index in [1.165, 1.54) is 23.4 Å². The predicted octanol–water partition coefficient (Wildman–Crippen LogP) is 1.09. The number of rotatable bonds is 4. The molecule has 128 valence electrons. The molecule has 2 aromatic rings. The molecule has 1 fully saturated rings. The molecule has 0 atom stereocenters. The van der Waals surface area contributed by atoms with Crippen LogP contribution in [0, 0.1) is 0 Å². The largest absolute Gasteiger partial charge is 0.311 e. The average molecular weight is 326 g/mol.